The van der Waals surface area contributed by atoms with E-state index < -0.39 is 9.84 Å². The minimum atomic E-state index is -2.81. The number of nitrogens with zero attached hydrogens (tertiary/aromatic N) is 1. The number of hydrogen-bond acceptors (Lipinski definition) is 3. The Morgan fingerprint density at radius 2 is 1.69 bits per heavy atom. The summed E-state index contributed by atoms with van der Waals surface area (Å²) in [5.74, 6) is 3.04. The average molecular weight is 235 g/mol. The molecule has 0 spiro atoms. The summed E-state index contributed by atoms with van der Waals surface area (Å²) in [4.78, 5) is 2.07. The van der Waals surface area contributed by atoms with Crippen LogP contribution in [-0.2, 0) is 9.84 Å². The zero-order valence-electron chi connectivity index (χ0n) is 8.89. The van der Waals surface area contributed by atoms with E-state index in [0.29, 0.717) is 13.1 Å². The van der Waals surface area contributed by atoms with Gasteiger partial charge in [-0.25, -0.2) is 8.42 Å². The number of hydrogen-bond donors (Lipinski definition) is 0. The van der Waals surface area contributed by atoms with Gasteiger partial charge < -0.3 is 4.90 Å². The first kappa shape index (κ1) is 11.0. The van der Waals surface area contributed by atoms with Crippen molar-refractivity contribution in [2.45, 2.75) is 0 Å². The Bertz CT molecular complexity index is 497. The molecule has 1 fully saturated rings. The molecule has 0 atom stereocenters. The molecule has 1 aromatic rings. The van der Waals surface area contributed by atoms with Gasteiger partial charge in [0, 0.05) is 24.3 Å². The van der Waals surface area contributed by atoms with Crippen LogP contribution in [0.3, 0.4) is 0 Å². The molecule has 0 aromatic heterocycles. The second-order valence-electron chi connectivity index (χ2n) is 3.83. The van der Waals surface area contributed by atoms with E-state index in [1.165, 1.54) is 0 Å². The minimum absolute atomic E-state index is 0.240. The van der Waals surface area contributed by atoms with Gasteiger partial charge in [0.05, 0.1) is 11.5 Å². The van der Waals surface area contributed by atoms with Crippen LogP contribution < -0.4 is 4.90 Å². The van der Waals surface area contributed by atoms with Crippen molar-refractivity contribution in [3.05, 3.63) is 29.8 Å². The van der Waals surface area contributed by atoms with E-state index in [9.17, 15) is 8.42 Å². The van der Waals surface area contributed by atoms with Crippen molar-refractivity contribution in [3.8, 4) is 12.3 Å². The topological polar surface area (TPSA) is 37.4 Å². The van der Waals surface area contributed by atoms with Crippen LogP contribution >= 0.6 is 0 Å². The molecule has 16 heavy (non-hydrogen) atoms. The van der Waals surface area contributed by atoms with Crippen LogP contribution in [0.1, 0.15) is 5.56 Å². The highest BCUT2D eigenvalue weighted by Gasteiger charge is 2.21. The fourth-order valence-electron chi connectivity index (χ4n) is 1.74. The average Bonchev–Trinajstić information content (AvgIpc) is 2.29. The highest BCUT2D eigenvalue weighted by Crippen LogP contribution is 2.17. The van der Waals surface area contributed by atoms with Gasteiger partial charge in [-0.3, -0.25) is 0 Å². The number of terminal acetylenes is 1. The van der Waals surface area contributed by atoms with Crippen LogP contribution in [0.2, 0.25) is 0 Å². The highest BCUT2D eigenvalue weighted by atomic mass is 32.2. The van der Waals surface area contributed by atoms with Gasteiger partial charge in [-0.05, 0) is 24.3 Å². The fourth-order valence-corrected chi connectivity index (χ4v) is 2.94. The molecule has 0 bridgehead atoms. The molecule has 1 aliphatic rings. The van der Waals surface area contributed by atoms with Crippen LogP contribution in [0.4, 0.5) is 5.69 Å². The Labute approximate surface area is 96.0 Å². The van der Waals surface area contributed by atoms with Gasteiger partial charge in [0.25, 0.3) is 0 Å². The van der Waals surface area contributed by atoms with Crippen molar-refractivity contribution in [1.82, 2.24) is 0 Å². The third kappa shape index (κ3) is 2.37. The van der Waals surface area contributed by atoms with Crippen molar-refractivity contribution in [2.75, 3.05) is 29.5 Å². The summed E-state index contributed by atoms with van der Waals surface area (Å²) in [6.07, 6.45) is 5.27. The van der Waals surface area contributed by atoms with Crippen molar-refractivity contribution in [2.24, 2.45) is 0 Å². The summed E-state index contributed by atoms with van der Waals surface area (Å²) in [5, 5.41) is 0. The van der Waals surface area contributed by atoms with E-state index in [1.54, 1.807) is 0 Å². The molecule has 0 N–H and O–H groups in total. The van der Waals surface area contributed by atoms with E-state index in [-0.39, 0.29) is 11.5 Å². The van der Waals surface area contributed by atoms with Gasteiger partial charge in [0.2, 0.25) is 0 Å². The maximum Gasteiger partial charge on any atom is 0.153 e. The standard InChI is InChI=1S/C12H13NO2S/c1-2-11-3-5-12(6-4-11)13-7-9-16(14,15)10-8-13/h1,3-6H,7-10H2. The lowest BCUT2D eigenvalue weighted by atomic mass is 10.2. The number of benzene rings is 1. The first-order valence-electron chi connectivity index (χ1n) is 5.13. The third-order valence-electron chi connectivity index (χ3n) is 2.74. The van der Waals surface area contributed by atoms with Crippen LogP contribution in [0.5, 0.6) is 0 Å². The molecule has 0 aliphatic carbocycles. The molecular formula is C12H13NO2S. The largest absolute Gasteiger partial charge is 0.369 e. The summed E-state index contributed by atoms with van der Waals surface area (Å²) in [6.45, 7) is 1.13. The van der Waals surface area contributed by atoms with E-state index in [0.717, 1.165) is 11.3 Å². The van der Waals surface area contributed by atoms with Crippen LogP contribution in [-0.4, -0.2) is 33.0 Å². The van der Waals surface area contributed by atoms with Crippen molar-refractivity contribution < 1.29 is 8.42 Å². The van der Waals surface area contributed by atoms with Gasteiger partial charge in [-0.2, -0.15) is 0 Å². The second-order valence-corrected chi connectivity index (χ2v) is 6.13. The SMILES string of the molecule is C#Cc1ccc(N2CCS(=O)(=O)CC2)cc1. The molecule has 0 saturated carbocycles. The van der Waals surface area contributed by atoms with E-state index in [1.807, 2.05) is 24.3 Å². The third-order valence-corrected chi connectivity index (χ3v) is 4.35. The maximum atomic E-state index is 11.3. The Morgan fingerprint density at radius 3 is 2.19 bits per heavy atom. The first-order valence-corrected chi connectivity index (χ1v) is 6.95. The van der Waals surface area contributed by atoms with Crippen LogP contribution in [0.15, 0.2) is 24.3 Å². The quantitative estimate of drug-likeness (QED) is 0.679. The summed E-state index contributed by atoms with van der Waals surface area (Å²) in [6, 6.07) is 7.62. The Hall–Kier alpha value is -1.47. The Morgan fingerprint density at radius 1 is 1.12 bits per heavy atom. The molecule has 1 saturated heterocycles. The molecule has 0 amide bonds. The fraction of sp³-hybridized carbons (Fsp3) is 0.333. The van der Waals surface area contributed by atoms with Crippen LogP contribution in [0, 0.1) is 12.3 Å². The molecule has 1 heterocycles. The zero-order chi connectivity index (χ0) is 11.6. The zero-order valence-corrected chi connectivity index (χ0v) is 9.70. The molecule has 0 radical (unpaired) electrons. The maximum absolute atomic E-state index is 11.3. The van der Waals surface area contributed by atoms with E-state index in [4.69, 9.17) is 6.42 Å². The summed E-state index contributed by atoms with van der Waals surface area (Å²) < 4.78 is 22.5. The van der Waals surface area contributed by atoms with E-state index >= 15 is 0 Å². The highest BCUT2D eigenvalue weighted by molar-refractivity contribution is 7.91. The van der Waals surface area contributed by atoms with Crippen molar-refractivity contribution in [3.63, 3.8) is 0 Å². The molecular weight excluding hydrogens is 222 g/mol. The first-order chi connectivity index (χ1) is 7.61. The summed E-state index contributed by atoms with van der Waals surface area (Å²) in [7, 11) is -2.81. The van der Waals surface area contributed by atoms with Gasteiger partial charge >= 0.3 is 0 Å². The lowest BCUT2D eigenvalue weighted by molar-refractivity contribution is 0.587. The number of anilines is 1. The number of sulfone groups is 1. The van der Waals surface area contributed by atoms with Gasteiger partial charge in [-0.15, -0.1) is 6.42 Å². The van der Waals surface area contributed by atoms with Gasteiger partial charge in [0.1, 0.15) is 0 Å². The predicted octanol–water partition coefficient (Wildman–Crippen LogP) is 0.903. The molecule has 1 aliphatic heterocycles. The second kappa shape index (κ2) is 4.18. The predicted molar refractivity (Wildman–Crippen MR) is 65.2 cm³/mol. The molecule has 1 aromatic carbocycles. The summed E-state index contributed by atoms with van der Waals surface area (Å²) in [5.41, 5.74) is 1.88. The van der Waals surface area contributed by atoms with Gasteiger partial charge in [0.15, 0.2) is 9.84 Å². The van der Waals surface area contributed by atoms with Crippen LogP contribution in [0.25, 0.3) is 0 Å². The van der Waals surface area contributed by atoms with Crippen molar-refractivity contribution >= 4 is 15.5 Å². The molecule has 4 heteroatoms. The summed E-state index contributed by atoms with van der Waals surface area (Å²) >= 11 is 0. The monoisotopic (exact) mass is 235 g/mol. The van der Waals surface area contributed by atoms with Crippen molar-refractivity contribution in [1.29, 1.82) is 0 Å². The van der Waals surface area contributed by atoms with E-state index in [2.05, 4.69) is 10.8 Å². The molecule has 84 valence electrons. The molecule has 2 rings (SSSR count). The lowest BCUT2D eigenvalue weighted by Gasteiger charge is -2.28. The molecule has 3 nitrogen and oxygen atoms in total. The normalized spacial score (nSPS) is 19.1. The smallest absolute Gasteiger partial charge is 0.153 e. The Balaban J connectivity index is 2.12. The molecule has 0 unspecified atom stereocenters. The minimum Gasteiger partial charge on any atom is -0.369 e. The lowest BCUT2D eigenvalue weighted by Crippen LogP contribution is -2.40. The Kier molecular flexibility index (Phi) is 2.88. The number of rotatable bonds is 1. The van der Waals surface area contributed by atoms with Gasteiger partial charge in [-0.1, -0.05) is 5.92 Å².